The van der Waals surface area contributed by atoms with Crippen LogP contribution in [0.25, 0.3) is 11.4 Å². The number of nitrogens with zero attached hydrogens (tertiary/aromatic N) is 2. The van der Waals surface area contributed by atoms with Crippen molar-refractivity contribution in [3.63, 3.8) is 0 Å². The van der Waals surface area contributed by atoms with Crippen molar-refractivity contribution >= 4 is 35.7 Å². The second-order valence-corrected chi connectivity index (χ2v) is 7.19. The Labute approximate surface area is 182 Å². The lowest BCUT2D eigenvalue weighted by molar-refractivity contribution is -0.143. The van der Waals surface area contributed by atoms with Crippen LogP contribution in [0.3, 0.4) is 0 Å². The van der Waals surface area contributed by atoms with Crippen LogP contribution in [0.5, 0.6) is 0 Å². The summed E-state index contributed by atoms with van der Waals surface area (Å²) in [7, 11) is 1.18. The Kier molecular flexibility index (Phi) is 6.99. The molecule has 1 amide bonds. The van der Waals surface area contributed by atoms with Crippen LogP contribution in [0.4, 0.5) is 0 Å². The fourth-order valence-corrected chi connectivity index (χ4v) is 3.20. The summed E-state index contributed by atoms with van der Waals surface area (Å²) in [5.74, 6) is -0.771. The molecule has 0 saturated carbocycles. The van der Waals surface area contributed by atoms with Gasteiger partial charge in [0.2, 0.25) is 4.77 Å². The third-order valence-electron chi connectivity index (χ3n) is 4.28. The van der Waals surface area contributed by atoms with E-state index >= 15 is 0 Å². The molecule has 0 bridgehead atoms. The molecule has 0 radical (unpaired) electrons. The van der Waals surface area contributed by atoms with E-state index in [0.717, 1.165) is 5.56 Å². The van der Waals surface area contributed by atoms with E-state index < -0.39 is 24.5 Å². The van der Waals surface area contributed by atoms with Crippen molar-refractivity contribution < 1.29 is 19.4 Å². The molecule has 10 heteroatoms. The van der Waals surface area contributed by atoms with Crippen molar-refractivity contribution in [2.75, 3.05) is 13.7 Å². The van der Waals surface area contributed by atoms with Crippen molar-refractivity contribution in [3.05, 3.63) is 69.5 Å². The minimum absolute atomic E-state index is 0.290. The number of H-pyrrole nitrogens is 1. The Morgan fingerprint density at radius 3 is 2.77 bits per heavy atom. The summed E-state index contributed by atoms with van der Waals surface area (Å²) in [6, 6.07) is 12.9. The molecule has 0 aliphatic carbocycles. The second-order valence-electron chi connectivity index (χ2n) is 6.38. The highest BCUT2D eigenvalue weighted by molar-refractivity contribution is 7.71. The van der Waals surface area contributed by atoms with Gasteiger partial charge in [0.25, 0.3) is 5.91 Å². The summed E-state index contributed by atoms with van der Waals surface area (Å²) >= 11 is 11.4. The van der Waals surface area contributed by atoms with Crippen LogP contribution in [0.1, 0.15) is 15.9 Å². The van der Waals surface area contributed by atoms with Gasteiger partial charge >= 0.3 is 5.97 Å². The lowest BCUT2D eigenvalue weighted by atomic mass is 10.1. The van der Waals surface area contributed by atoms with Gasteiger partial charge in [-0.2, -0.15) is 4.98 Å². The first kappa shape index (κ1) is 21.7. The maximum atomic E-state index is 12.5. The number of hydrogen-bond acceptors (Lipinski definition) is 6. The molecule has 3 rings (SSSR count). The molecule has 3 aromatic rings. The maximum absolute atomic E-state index is 12.5. The molecule has 8 nitrogen and oxygen atoms in total. The number of hydrogen-bond donors (Lipinski definition) is 3. The van der Waals surface area contributed by atoms with E-state index in [2.05, 4.69) is 20.1 Å². The molecule has 1 unspecified atom stereocenters. The van der Waals surface area contributed by atoms with E-state index in [-0.39, 0.29) is 0 Å². The predicted octanol–water partition coefficient (Wildman–Crippen LogP) is 2.57. The molecule has 3 N–H and O–H groups in total. The normalized spacial score (nSPS) is 11.7. The zero-order chi connectivity index (χ0) is 21.7. The van der Waals surface area contributed by atoms with Crippen molar-refractivity contribution in [3.8, 4) is 11.4 Å². The highest BCUT2D eigenvalue weighted by Gasteiger charge is 2.21. The summed E-state index contributed by atoms with van der Waals surface area (Å²) in [6.07, 6.45) is 0. The third kappa shape index (κ3) is 5.12. The number of esters is 1. The number of methoxy groups -OCH3 is 1. The Hall–Kier alpha value is -3.01. The van der Waals surface area contributed by atoms with Gasteiger partial charge in [-0.1, -0.05) is 35.9 Å². The fraction of sp³-hybridized carbons (Fsp3) is 0.200. The molecule has 1 atom stereocenters. The number of nitrogens with one attached hydrogen (secondary N) is 2. The largest absolute Gasteiger partial charge is 0.467 e. The minimum Gasteiger partial charge on any atom is -0.467 e. The number of rotatable bonds is 7. The molecular formula is C20H19ClN4O4S. The van der Waals surface area contributed by atoms with E-state index in [0.29, 0.717) is 33.3 Å². The number of aromatic nitrogens is 3. The van der Waals surface area contributed by atoms with Gasteiger partial charge in [-0.15, -0.1) is 0 Å². The molecule has 2 aromatic carbocycles. The number of halogens is 1. The standard InChI is InChI=1S/C20H19ClN4O4S/c1-29-19(28)16(11-26)22-18(27)14-6-3-5-13(9-14)17-23-20(30)25(24-17)10-12-4-2-7-15(21)8-12/h2-9,16,26H,10-11H2,1H3,(H,22,27)(H,23,24,30). The van der Waals surface area contributed by atoms with Gasteiger partial charge in [-0.25, -0.2) is 4.79 Å². The predicted molar refractivity (Wildman–Crippen MR) is 114 cm³/mol. The lowest BCUT2D eigenvalue weighted by Gasteiger charge is -2.14. The van der Waals surface area contributed by atoms with Crippen LogP contribution in [0, 0.1) is 4.77 Å². The topological polar surface area (TPSA) is 109 Å². The van der Waals surface area contributed by atoms with Gasteiger partial charge in [0, 0.05) is 16.1 Å². The number of ether oxygens (including phenoxy) is 1. The van der Waals surface area contributed by atoms with Gasteiger partial charge in [-0.3, -0.25) is 14.6 Å². The highest BCUT2D eigenvalue weighted by atomic mass is 35.5. The molecular weight excluding hydrogens is 428 g/mol. The highest BCUT2D eigenvalue weighted by Crippen LogP contribution is 2.18. The average Bonchev–Trinajstić information content (AvgIpc) is 3.11. The van der Waals surface area contributed by atoms with Gasteiger partial charge in [-0.05, 0) is 42.0 Å². The Morgan fingerprint density at radius 1 is 1.30 bits per heavy atom. The van der Waals surface area contributed by atoms with Crippen molar-refractivity contribution in [2.24, 2.45) is 0 Å². The number of aliphatic hydroxyl groups excluding tert-OH is 1. The summed E-state index contributed by atoms with van der Waals surface area (Å²) in [5, 5.41) is 15.5. The molecule has 0 fully saturated rings. The zero-order valence-corrected chi connectivity index (χ0v) is 17.5. The van der Waals surface area contributed by atoms with Crippen LogP contribution in [-0.4, -0.2) is 51.5 Å². The molecule has 1 heterocycles. The quantitative estimate of drug-likeness (QED) is 0.380. The first-order chi connectivity index (χ1) is 14.4. The number of carbonyl (C=O) groups excluding carboxylic acids is 2. The monoisotopic (exact) mass is 446 g/mol. The van der Waals surface area contributed by atoms with E-state index in [9.17, 15) is 14.7 Å². The number of aromatic amines is 1. The Balaban J connectivity index is 1.81. The molecule has 0 saturated heterocycles. The maximum Gasteiger partial charge on any atom is 0.330 e. The van der Waals surface area contributed by atoms with Crippen LogP contribution in [0.2, 0.25) is 5.02 Å². The van der Waals surface area contributed by atoms with E-state index in [1.807, 2.05) is 18.2 Å². The van der Waals surface area contributed by atoms with Gasteiger partial charge < -0.3 is 15.2 Å². The minimum atomic E-state index is -1.14. The van der Waals surface area contributed by atoms with Crippen LogP contribution >= 0.6 is 23.8 Å². The number of benzene rings is 2. The molecule has 0 aliphatic rings. The molecule has 30 heavy (non-hydrogen) atoms. The molecule has 1 aromatic heterocycles. The fourth-order valence-electron chi connectivity index (χ4n) is 2.78. The summed E-state index contributed by atoms with van der Waals surface area (Å²) in [4.78, 5) is 28.4. The number of carbonyl (C=O) groups is 2. The molecule has 0 aliphatic heterocycles. The van der Waals surface area contributed by atoms with Crippen LogP contribution < -0.4 is 5.32 Å². The first-order valence-corrected chi connectivity index (χ1v) is 9.71. The average molecular weight is 447 g/mol. The van der Waals surface area contributed by atoms with Gasteiger partial charge in [0.15, 0.2) is 11.9 Å². The van der Waals surface area contributed by atoms with E-state index in [1.54, 1.807) is 35.0 Å². The third-order valence-corrected chi connectivity index (χ3v) is 4.83. The van der Waals surface area contributed by atoms with Gasteiger partial charge in [0.1, 0.15) is 0 Å². The van der Waals surface area contributed by atoms with E-state index in [4.69, 9.17) is 23.8 Å². The summed E-state index contributed by atoms with van der Waals surface area (Å²) < 4.78 is 6.60. The summed E-state index contributed by atoms with van der Waals surface area (Å²) in [5.41, 5.74) is 1.88. The van der Waals surface area contributed by atoms with Crippen molar-refractivity contribution in [1.29, 1.82) is 0 Å². The zero-order valence-electron chi connectivity index (χ0n) is 16.0. The van der Waals surface area contributed by atoms with Crippen molar-refractivity contribution in [2.45, 2.75) is 12.6 Å². The van der Waals surface area contributed by atoms with Crippen molar-refractivity contribution in [1.82, 2.24) is 20.1 Å². The van der Waals surface area contributed by atoms with Gasteiger partial charge in [0.05, 0.1) is 20.3 Å². The SMILES string of the molecule is COC(=O)C(CO)NC(=O)c1cccc(-c2nc(=S)n(Cc3cccc(Cl)c3)[nH]2)c1. The lowest BCUT2D eigenvalue weighted by Crippen LogP contribution is -2.44. The number of amides is 1. The smallest absolute Gasteiger partial charge is 0.330 e. The Morgan fingerprint density at radius 2 is 2.07 bits per heavy atom. The molecule has 0 spiro atoms. The molecule has 156 valence electrons. The first-order valence-electron chi connectivity index (χ1n) is 8.92. The number of aliphatic hydroxyl groups is 1. The second kappa shape index (κ2) is 9.66. The Bertz CT molecular complexity index is 1130. The summed E-state index contributed by atoms with van der Waals surface area (Å²) in [6.45, 7) is -0.108. The van der Waals surface area contributed by atoms with Crippen LogP contribution in [-0.2, 0) is 16.1 Å². The van der Waals surface area contributed by atoms with E-state index in [1.165, 1.54) is 7.11 Å². The van der Waals surface area contributed by atoms with Crippen LogP contribution in [0.15, 0.2) is 48.5 Å².